The number of hydrogen-bond donors (Lipinski definition) is 1. The summed E-state index contributed by atoms with van der Waals surface area (Å²) in [5, 5.41) is 16.5. The molecule has 2 aromatic heterocycles. The highest BCUT2D eigenvalue weighted by Gasteiger charge is 2.43. The van der Waals surface area contributed by atoms with Gasteiger partial charge in [0.05, 0.1) is 11.2 Å². The third-order valence-corrected chi connectivity index (χ3v) is 8.04. The Morgan fingerprint density at radius 1 is 1.06 bits per heavy atom. The van der Waals surface area contributed by atoms with Crippen molar-refractivity contribution in [3.8, 4) is 11.3 Å². The molecule has 1 aliphatic carbocycles. The van der Waals surface area contributed by atoms with E-state index in [-0.39, 0.29) is 17.6 Å². The summed E-state index contributed by atoms with van der Waals surface area (Å²) in [7, 11) is 1.81. The second-order valence-electron chi connectivity index (χ2n) is 10.7. The molecule has 3 fully saturated rings. The maximum atomic E-state index is 14.0. The van der Waals surface area contributed by atoms with Crippen LogP contribution in [0.1, 0.15) is 31.2 Å². The Kier molecular flexibility index (Phi) is 6.11. The average molecular weight is 501 g/mol. The molecule has 1 aromatic carbocycles. The van der Waals surface area contributed by atoms with Crippen LogP contribution in [0.2, 0.25) is 0 Å². The molecule has 0 amide bonds. The van der Waals surface area contributed by atoms with Crippen molar-refractivity contribution in [2.75, 3.05) is 38.2 Å². The molecular formula is C26H31F3N6O. The predicted molar refractivity (Wildman–Crippen MR) is 130 cm³/mol. The molecule has 0 radical (unpaired) electrons. The highest BCUT2D eigenvalue weighted by molar-refractivity contribution is 5.83. The molecule has 2 saturated heterocycles. The minimum absolute atomic E-state index is 0.0155. The minimum Gasteiger partial charge on any atom is -0.381 e. The van der Waals surface area contributed by atoms with Crippen LogP contribution in [-0.4, -0.2) is 63.8 Å². The highest BCUT2D eigenvalue weighted by atomic mass is 19.4. The quantitative estimate of drug-likeness (QED) is 0.553. The number of nitrogens with one attached hydrogen (secondary N) is 1. The number of benzene rings is 1. The molecular weight excluding hydrogens is 469 g/mol. The SMILES string of the molecule is Cn1cc2cc(-c3cc(C(F)(F)F)c(NC4CC5CN(CC6CCOCC6)CC5C4)nn3)ccc2n1. The van der Waals surface area contributed by atoms with Crippen LogP contribution in [0.25, 0.3) is 22.2 Å². The van der Waals surface area contributed by atoms with Gasteiger partial charge in [0.2, 0.25) is 0 Å². The van der Waals surface area contributed by atoms with Gasteiger partial charge in [-0.05, 0) is 61.6 Å². The van der Waals surface area contributed by atoms with Crippen LogP contribution in [0.4, 0.5) is 19.0 Å². The first-order chi connectivity index (χ1) is 17.3. The van der Waals surface area contributed by atoms with E-state index in [0.717, 1.165) is 75.5 Å². The normalized spacial score (nSPS) is 25.5. The topological polar surface area (TPSA) is 68.1 Å². The average Bonchev–Trinajstić information content (AvgIpc) is 3.50. The first kappa shape index (κ1) is 23.7. The molecule has 36 heavy (non-hydrogen) atoms. The van der Waals surface area contributed by atoms with E-state index in [0.29, 0.717) is 23.3 Å². The number of rotatable bonds is 5. The van der Waals surface area contributed by atoms with Gasteiger partial charge in [-0.1, -0.05) is 6.07 Å². The van der Waals surface area contributed by atoms with E-state index < -0.39 is 11.7 Å². The van der Waals surface area contributed by atoms with Crippen LogP contribution in [0.5, 0.6) is 0 Å². The van der Waals surface area contributed by atoms with Gasteiger partial charge in [-0.25, -0.2) is 0 Å². The summed E-state index contributed by atoms with van der Waals surface area (Å²) < 4.78 is 49.3. The van der Waals surface area contributed by atoms with Gasteiger partial charge in [-0.2, -0.15) is 18.3 Å². The van der Waals surface area contributed by atoms with Gasteiger partial charge < -0.3 is 15.0 Å². The molecule has 0 spiro atoms. The Morgan fingerprint density at radius 3 is 2.53 bits per heavy atom. The van der Waals surface area contributed by atoms with Gasteiger partial charge in [0.25, 0.3) is 0 Å². The molecule has 2 unspecified atom stereocenters. The van der Waals surface area contributed by atoms with Crippen molar-refractivity contribution >= 4 is 16.7 Å². The number of nitrogens with zero attached hydrogens (tertiary/aromatic N) is 5. The summed E-state index contributed by atoms with van der Waals surface area (Å²) in [4.78, 5) is 2.55. The van der Waals surface area contributed by atoms with Crippen LogP contribution in [0, 0.1) is 17.8 Å². The van der Waals surface area contributed by atoms with E-state index >= 15 is 0 Å². The molecule has 2 aliphatic heterocycles. The van der Waals surface area contributed by atoms with Crippen LogP contribution in [0.15, 0.2) is 30.5 Å². The van der Waals surface area contributed by atoms with E-state index in [1.165, 1.54) is 0 Å². The first-order valence-electron chi connectivity index (χ1n) is 12.8. The number of likely N-dealkylation sites (tertiary alicyclic amines) is 1. The fourth-order valence-electron chi connectivity index (χ4n) is 6.32. The predicted octanol–water partition coefficient (Wildman–Crippen LogP) is 4.60. The molecule has 1 N–H and O–H groups in total. The van der Waals surface area contributed by atoms with Crippen LogP contribution < -0.4 is 5.32 Å². The zero-order valence-corrected chi connectivity index (χ0v) is 20.3. The van der Waals surface area contributed by atoms with Crippen molar-refractivity contribution in [1.82, 2.24) is 24.9 Å². The van der Waals surface area contributed by atoms with Gasteiger partial charge in [0, 0.05) is 63.1 Å². The van der Waals surface area contributed by atoms with E-state index in [1.807, 2.05) is 13.2 Å². The summed E-state index contributed by atoms with van der Waals surface area (Å²) in [5.74, 6) is 1.58. The smallest absolute Gasteiger partial charge is 0.381 e. The van der Waals surface area contributed by atoms with E-state index in [2.05, 4.69) is 25.5 Å². The Balaban J connectivity index is 1.15. The molecule has 10 heteroatoms. The fraction of sp³-hybridized carbons (Fsp3) is 0.577. The van der Waals surface area contributed by atoms with Crippen LogP contribution >= 0.6 is 0 Å². The lowest BCUT2D eigenvalue weighted by molar-refractivity contribution is -0.137. The molecule has 3 aliphatic rings. The van der Waals surface area contributed by atoms with E-state index in [4.69, 9.17) is 4.74 Å². The molecule has 3 aromatic rings. The number of ether oxygens (including phenoxy) is 1. The molecule has 0 bridgehead atoms. The van der Waals surface area contributed by atoms with E-state index in [9.17, 15) is 13.2 Å². The van der Waals surface area contributed by atoms with Crippen LogP contribution in [-0.2, 0) is 18.0 Å². The number of aryl methyl sites for hydroxylation is 1. The molecule has 1 saturated carbocycles. The Hall–Kier alpha value is -2.72. The second-order valence-corrected chi connectivity index (χ2v) is 10.7. The zero-order chi connectivity index (χ0) is 24.9. The molecule has 2 atom stereocenters. The van der Waals surface area contributed by atoms with Crippen molar-refractivity contribution in [2.45, 2.75) is 37.9 Å². The highest BCUT2D eigenvalue weighted by Crippen LogP contribution is 2.42. The van der Waals surface area contributed by atoms with Gasteiger partial charge in [-0.3, -0.25) is 4.68 Å². The van der Waals surface area contributed by atoms with Crippen molar-refractivity contribution in [3.63, 3.8) is 0 Å². The lowest BCUT2D eigenvalue weighted by Crippen LogP contribution is -2.32. The van der Waals surface area contributed by atoms with Crippen LogP contribution in [0.3, 0.4) is 0 Å². The monoisotopic (exact) mass is 500 g/mol. The number of hydrogen-bond acceptors (Lipinski definition) is 6. The Bertz CT molecular complexity index is 1220. The summed E-state index contributed by atoms with van der Waals surface area (Å²) in [6, 6.07) is 6.41. The molecule has 192 valence electrons. The maximum absolute atomic E-state index is 14.0. The standard InChI is InChI=1S/C26H31F3N6O/c1-34-13-20-8-17(2-3-23(20)33-34)24-11-22(26(27,28)29)25(32-31-24)30-21-9-18-14-35(15-19(18)10-21)12-16-4-6-36-7-5-16/h2-3,8,11,13,16,18-19,21H,4-7,9-10,12,14-15H2,1H3,(H,30,32). The van der Waals surface area contributed by atoms with Gasteiger partial charge >= 0.3 is 6.18 Å². The molecule has 6 rings (SSSR count). The number of alkyl halides is 3. The number of fused-ring (bicyclic) bond motifs is 2. The molecule has 7 nitrogen and oxygen atoms in total. The molecule has 4 heterocycles. The van der Waals surface area contributed by atoms with E-state index in [1.54, 1.807) is 22.9 Å². The zero-order valence-electron chi connectivity index (χ0n) is 20.3. The second kappa shape index (κ2) is 9.30. The number of aromatic nitrogens is 4. The van der Waals surface area contributed by atoms with Crippen molar-refractivity contribution in [2.24, 2.45) is 24.8 Å². The van der Waals surface area contributed by atoms with Gasteiger partial charge in [-0.15, -0.1) is 10.2 Å². The third-order valence-electron chi connectivity index (χ3n) is 8.04. The summed E-state index contributed by atoms with van der Waals surface area (Å²) >= 11 is 0. The van der Waals surface area contributed by atoms with Crippen molar-refractivity contribution < 1.29 is 17.9 Å². The Labute approximate surface area is 208 Å². The first-order valence-corrected chi connectivity index (χ1v) is 12.8. The largest absolute Gasteiger partial charge is 0.420 e. The lowest BCUT2D eigenvalue weighted by atomic mass is 10.00. The lowest BCUT2D eigenvalue weighted by Gasteiger charge is -2.28. The number of halogens is 3. The summed E-state index contributed by atoms with van der Waals surface area (Å²) in [5.41, 5.74) is 0.796. The van der Waals surface area contributed by atoms with Crippen molar-refractivity contribution in [3.05, 3.63) is 36.0 Å². The Morgan fingerprint density at radius 2 is 1.81 bits per heavy atom. The fourth-order valence-corrected chi connectivity index (χ4v) is 6.32. The maximum Gasteiger partial charge on any atom is 0.420 e. The van der Waals surface area contributed by atoms with Gasteiger partial charge in [0.1, 0.15) is 5.56 Å². The summed E-state index contributed by atoms with van der Waals surface area (Å²) in [6.07, 6.45) is 1.29. The minimum atomic E-state index is -4.53. The van der Waals surface area contributed by atoms with Gasteiger partial charge in [0.15, 0.2) is 5.82 Å². The summed E-state index contributed by atoms with van der Waals surface area (Å²) in [6.45, 7) is 4.90. The number of anilines is 1. The van der Waals surface area contributed by atoms with Crippen molar-refractivity contribution in [1.29, 1.82) is 0 Å². The third kappa shape index (κ3) is 4.80.